The van der Waals surface area contributed by atoms with Crippen LogP contribution in [0.25, 0.3) is 0 Å². The molecule has 1 rings (SSSR count). The zero-order chi connectivity index (χ0) is 12.7. The Labute approximate surface area is 99.2 Å². The van der Waals surface area contributed by atoms with Gasteiger partial charge in [0, 0.05) is 30.8 Å². The van der Waals surface area contributed by atoms with Crippen molar-refractivity contribution in [2.45, 2.75) is 13.3 Å². The van der Waals surface area contributed by atoms with E-state index in [4.69, 9.17) is 0 Å². The van der Waals surface area contributed by atoms with Gasteiger partial charge >= 0.3 is 0 Å². The van der Waals surface area contributed by atoms with E-state index in [9.17, 15) is 14.9 Å². The van der Waals surface area contributed by atoms with Crippen molar-refractivity contribution in [2.24, 2.45) is 0 Å². The van der Waals surface area contributed by atoms with Crippen LogP contribution in [0.15, 0.2) is 24.3 Å². The normalized spacial score (nSPS) is 9.94. The van der Waals surface area contributed by atoms with Crippen LogP contribution in [0.2, 0.25) is 0 Å². The molecule has 92 valence electrons. The van der Waals surface area contributed by atoms with E-state index >= 15 is 0 Å². The molecule has 0 aliphatic rings. The molecule has 0 saturated carbocycles. The van der Waals surface area contributed by atoms with Crippen molar-refractivity contribution in [1.82, 2.24) is 5.32 Å². The van der Waals surface area contributed by atoms with Gasteiger partial charge in [-0.2, -0.15) is 0 Å². The average molecular weight is 237 g/mol. The third-order valence-electron chi connectivity index (χ3n) is 2.14. The number of amides is 1. The minimum absolute atomic E-state index is 0.00986. The number of hydrogen-bond acceptors (Lipinski definition) is 4. The number of rotatable bonds is 6. The molecule has 1 amide bonds. The second-order valence-electron chi connectivity index (χ2n) is 3.46. The topological polar surface area (TPSA) is 84.3 Å². The number of non-ortho nitro benzene ring substituents is 1. The lowest BCUT2D eigenvalue weighted by Crippen LogP contribution is -2.21. The monoisotopic (exact) mass is 237 g/mol. The predicted octanol–water partition coefficient (Wildman–Crippen LogP) is 1.53. The van der Waals surface area contributed by atoms with Crippen molar-refractivity contribution in [3.05, 3.63) is 34.4 Å². The van der Waals surface area contributed by atoms with E-state index in [0.29, 0.717) is 18.7 Å². The van der Waals surface area contributed by atoms with Crippen LogP contribution < -0.4 is 10.6 Å². The van der Waals surface area contributed by atoms with Crippen molar-refractivity contribution in [1.29, 1.82) is 0 Å². The van der Waals surface area contributed by atoms with E-state index in [1.807, 2.05) is 6.92 Å². The molecule has 0 radical (unpaired) electrons. The van der Waals surface area contributed by atoms with Gasteiger partial charge in [-0.15, -0.1) is 0 Å². The molecular formula is C11H15N3O3. The summed E-state index contributed by atoms with van der Waals surface area (Å²) in [6, 6.07) is 5.76. The van der Waals surface area contributed by atoms with Crippen molar-refractivity contribution >= 4 is 17.3 Å². The summed E-state index contributed by atoms with van der Waals surface area (Å²) >= 11 is 0. The molecule has 0 aliphatic heterocycles. The van der Waals surface area contributed by atoms with Crippen LogP contribution in [0.3, 0.4) is 0 Å². The number of carbonyl (C=O) groups excluding carboxylic acids is 1. The number of anilines is 1. The number of carbonyl (C=O) groups is 1. The summed E-state index contributed by atoms with van der Waals surface area (Å²) in [4.78, 5) is 21.4. The van der Waals surface area contributed by atoms with Gasteiger partial charge in [0.2, 0.25) is 5.91 Å². The summed E-state index contributed by atoms with van der Waals surface area (Å²) < 4.78 is 0. The summed E-state index contributed by atoms with van der Waals surface area (Å²) in [5.41, 5.74) is 0.577. The van der Waals surface area contributed by atoms with Gasteiger partial charge < -0.3 is 10.6 Å². The van der Waals surface area contributed by atoms with E-state index in [1.54, 1.807) is 0 Å². The highest BCUT2D eigenvalue weighted by molar-refractivity contribution is 5.90. The Kier molecular flexibility index (Phi) is 5.09. The fourth-order valence-corrected chi connectivity index (χ4v) is 1.27. The summed E-state index contributed by atoms with van der Waals surface area (Å²) in [6.07, 6.45) is 0.380. The SMILES string of the molecule is CCNCCC(=O)Nc1ccc([N+](=O)[O-])cc1. The average Bonchev–Trinajstić information content (AvgIpc) is 2.30. The second kappa shape index (κ2) is 6.59. The highest BCUT2D eigenvalue weighted by Crippen LogP contribution is 2.15. The van der Waals surface area contributed by atoms with E-state index < -0.39 is 4.92 Å². The Morgan fingerprint density at radius 1 is 1.35 bits per heavy atom. The minimum atomic E-state index is -0.475. The molecule has 0 atom stereocenters. The Morgan fingerprint density at radius 2 is 2.00 bits per heavy atom. The molecule has 6 heteroatoms. The molecule has 6 nitrogen and oxygen atoms in total. The lowest BCUT2D eigenvalue weighted by molar-refractivity contribution is -0.384. The molecular weight excluding hydrogens is 222 g/mol. The smallest absolute Gasteiger partial charge is 0.269 e. The Bertz CT molecular complexity index is 389. The van der Waals surface area contributed by atoms with Crippen LogP contribution in [-0.2, 0) is 4.79 Å². The Hall–Kier alpha value is -1.95. The maximum atomic E-state index is 11.4. The standard InChI is InChI=1S/C11H15N3O3/c1-2-12-8-7-11(15)13-9-3-5-10(6-4-9)14(16)17/h3-6,12H,2,7-8H2,1H3,(H,13,15). The molecule has 0 unspecified atom stereocenters. The molecule has 0 bridgehead atoms. The van der Waals surface area contributed by atoms with Crippen LogP contribution >= 0.6 is 0 Å². The maximum absolute atomic E-state index is 11.4. The lowest BCUT2D eigenvalue weighted by atomic mass is 10.2. The minimum Gasteiger partial charge on any atom is -0.326 e. The zero-order valence-electron chi connectivity index (χ0n) is 9.60. The van der Waals surface area contributed by atoms with Crippen LogP contribution in [0.4, 0.5) is 11.4 Å². The van der Waals surface area contributed by atoms with E-state index in [-0.39, 0.29) is 11.6 Å². The largest absolute Gasteiger partial charge is 0.326 e. The number of nitrogens with one attached hydrogen (secondary N) is 2. The highest BCUT2D eigenvalue weighted by atomic mass is 16.6. The highest BCUT2D eigenvalue weighted by Gasteiger charge is 2.05. The van der Waals surface area contributed by atoms with Crippen LogP contribution in [0.5, 0.6) is 0 Å². The van der Waals surface area contributed by atoms with E-state index in [2.05, 4.69) is 10.6 Å². The van der Waals surface area contributed by atoms with Gasteiger partial charge in [-0.05, 0) is 18.7 Å². The van der Waals surface area contributed by atoms with Crippen LogP contribution in [-0.4, -0.2) is 23.9 Å². The van der Waals surface area contributed by atoms with Crippen molar-refractivity contribution in [2.75, 3.05) is 18.4 Å². The number of nitrogens with zero attached hydrogens (tertiary/aromatic N) is 1. The molecule has 0 aromatic heterocycles. The van der Waals surface area contributed by atoms with Gasteiger partial charge in [0.15, 0.2) is 0 Å². The van der Waals surface area contributed by atoms with Gasteiger partial charge in [0.05, 0.1) is 4.92 Å². The molecule has 17 heavy (non-hydrogen) atoms. The molecule has 0 heterocycles. The number of nitro groups is 1. The fraction of sp³-hybridized carbons (Fsp3) is 0.364. The molecule has 2 N–H and O–H groups in total. The molecule has 0 spiro atoms. The lowest BCUT2D eigenvalue weighted by Gasteiger charge is -2.05. The number of nitro benzene ring substituents is 1. The number of hydrogen-bond donors (Lipinski definition) is 2. The summed E-state index contributed by atoms with van der Waals surface area (Å²) in [5, 5.41) is 16.1. The fourth-order valence-electron chi connectivity index (χ4n) is 1.27. The zero-order valence-corrected chi connectivity index (χ0v) is 9.60. The first-order chi connectivity index (χ1) is 8.13. The molecule has 0 saturated heterocycles. The summed E-state index contributed by atoms with van der Waals surface area (Å²) in [6.45, 7) is 3.41. The van der Waals surface area contributed by atoms with Gasteiger partial charge in [-0.3, -0.25) is 14.9 Å². The summed E-state index contributed by atoms with van der Waals surface area (Å²) in [7, 11) is 0. The summed E-state index contributed by atoms with van der Waals surface area (Å²) in [5.74, 6) is -0.111. The Morgan fingerprint density at radius 3 is 2.53 bits per heavy atom. The van der Waals surface area contributed by atoms with Gasteiger partial charge in [0.25, 0.3) is 5.69 Å². The maximum Gasteiger partial charge on any atom is 0.269 e. The van der Waals surface area contributed by atoms with E-state index in [1.165, 1.54) is 24.3 Å². The number of benzene rings is 1. The quantitative estimate of drug-likeness (QED) is 0.446. The predicted molar refractivity (Wildman–Crippen MR) is 64.9 cm³/mol. The molecule has 0 aliphatic carbocycles. The molecule has 0 fully saturated rings. The van der Waals surface area contributed by atoms with E-state index in [0.717, 1.165) is 6.54 Å². The van der Waals surface area contributed by atoms with Crippen molar-refractivity contribution in [3.8, 4) is 0 Å². The van der Waals surface area contributed by atoms with Gasteiger partial charge in [0.1, 0.15) is 0 Å². The van der Waals surface area contributed by atoms with Crippen LogP contribution in [0, 0.1) is 10.1 Å². The van der Waals surface area contributed by atoms with Gasteiger partial charge in [-0.1, -0.05) is 6.92 Å². The second-order valence-corrected chi connectivity index (χ2v) is 3.46. The third-order valence-corrected chi connectivity index (χ3v) is 2.14. The molecule has 1 aromatic carbocycles. The van der Waals surface area contributed by atoms with Crippen LogP contribution in [0.1, 0.15) is 13.3 Å². The first kappa shape index (κ1) is 13.1. The third kappa shape index (κ3) is 4.60. The van der Waals surface area contributed by atoms with Crippen molar-refractivity contribution in [3.63, 3.8) is 0 Å². The first-order valence-electron chi connectivity index (χ1n) is 5.38. The Balaban J connectivity index is 2.46. The van der Waals surface area contributed by atoms with Crippen molar-refractivity contribution < 1.29 is 9.72 Å². The first-order valence-corrected chi connectivity index (χ1v) is 5.38. The molecule has 1 aromatic rings. The van der Waals surface area contributed by atoms with Gasteiger partial charge in [-0.25, -0.2) is 0 Å².